The molecular weight excluding hydrogens is 226 g/mol. The van der Waals surface area contributed by atoms with Crippen LogP contribution in [0.4, 0.5) is 8.78 Å². The quantitative estimate of drug-likeness (QED) is 0.750. The summed E-state index contributed by atoms with van der Waals surface area (Å²) in [4.78, 5) is 5.86. The molecule has 0 radical (unpaired) electrons. The Morgan fingerprint density at radius 1 is 1.53 bits per heavy atom. The molecule has 2 aliphatic rings. The summed E-state index contributed by atoms with van der Waals surface area (Å²) in [5.74, 6) is -3.89. The number of hydrogen-bond acceptors (Lipinski definition) is 3. The minimum Gasteiger partial charge on any atom is -0.380 e. The van der Waals surface area contributed by atoms with Crippen LogP contribution in [0.5, 0.6) is 0 Å². The van der Waals surface area contributed by atoms with E-state index in [1.54, 1.807) is 12.1 Å². The lowest BCUT2D eigenvalue weighted by Gasteiger charge is -2.39. The molecular formula is C12H14F2N2O. The maximum atomic E-state index is 14.1. The number of rotatable bonds is 0. The summed E-state index contributed by atoms with van der Waals surface area (Å²) in [5, 5.41) is 9.79. The predicted molar refractivity (Wildman–Crippen MR) is 57.6 cm³/mol. The van der Waals surface area contributed by atoms with Gasteiger partial charge in [-0.05, 0) is 31.6 Å². The maximum absolute atomic E-state index is 14.1. The largest absolute Gasteiger partial charge is 0.380 e. The molecule has 1 aliphatic heterocycles. The predicted octanol–water partition coefficient (Wildman–Crippen LogP) is 1.76. The molecule has 0 spiro atoms. The first-order valence-corrected chi connectivity index (χ1v) is 5.74. The number of aromatic nitrogens is 1. The SMILES string of the molecule is CN1CC[C@@H]2[C@H]1c1cccnc1C(O)C2(F)F. The van der Waals surface area contributed by atoms with Crippen molar-refractivity contribution < 1.29 is 13.9 Å². The molecule has 1 fully saturated rings. The van der Waals surface area contributed by atoms with Gasteiger partial charge in [0.2, 0.25) is 0 Å². The molecule has 0 aromatic carbocycles. The van der Waals surface area contributed by atoms with Gasteiger partial charge in [0, 0.05) is 18.2 Å². The highest BCUT2D eigenvalue weighted by atomic mass is 19.3. The van der Waals surface area contributed by atoms with Gasteiger partial charge in [0.05, 0.1) is 5.69 Å². The summed E-state index contributed by atoms with van der Waals surface area (Å²) in [6, 6.07) is 3.20. The zero-order chi connectivity index (χ0) is 12.2. The van der Waals surface area contributed by atoms with E-state index in [2.05, 4.69) is 4.98 Å². The molecule has 1 aliphatic carbocycles. The maximum Gasteiger partial charge on any atom is 0.283 e. The van der Waals surface area contributed by atoms with Crippen molar-refractivity contribution in [2.24, 2.45) is 5.92 Å². The van der Waals surface area contributed by atoms with Crippen LogP contribution in [-0.4, -0.2) is 34.5 Å². The molecule has 17 heavy (non-hydrogen) atoms. The van der Waals surface area contributed by atoms with E-state index in [0.29, 0.717) is 13.0 Å². The van der Waals surface area contributed by atoms with Gasteiger partial charge in [-0.1, -0.05) is 6.07 Å². The second kappa shape index (κ2) is 3.46. The normalized spacial score (nSPS) is 35.4. The van der Waals surface area contributed by atoms with Crippen molar-refractivity contribution >= 4 is 0 Å². The molecule has 3 atom stereocenters. The molecule has 3 rings (SSSR count). The van der Waals surface area contributed by atoms with Crippen molar-refractivity contribution in [1.82, 2.24) is 9.88 Å². The minimum absolute atomic E-state index is 0.132. The van der Waals surface area contributed by atoms with Gasteiger partial charge in [0.25, 0.3) is 5.92 Å². The van der Waals surface area contributed by atoms with E-state index in [1.165, 1.54) is 6.20 Å². The van der Waals surface area contributed by atoms with E-state index in [4.69, 9.17) is 0 Å². The van der Waals surface area contributed by atoms with E-state index in [0.717, 1.165) is 5.56 Å². The Hall–Kier alpha value is -1.07. The van der Waals surface area contributed by atoms with Gasteiger partial charge >= 0.3 is 0 Å². The molecule has 3 nitrogen and oxygen atoms in total. The van der Waals surface area contributed by atoms with Crippen LogP contribution in [0.1, 0.15) is 29.8 Å². The fourth-order valence-electron chi connectivity index (χ4n) is 3.10. The average Bonchev–Trinajstić information content (AvgIpc) is 2.70. The summed E-state index contributed by atoms with van der Waals surface area (Å²) >= 11 is 0. The third-order valence-corrected chi connectivity index (χ3v) is 3.96. The number of aliphatic hydroxyl groups excluding tert-OH is 1. The Morgan fingerprint density at radius 2 is 2.29 bits per heavy atom. The summed E-state index contributed by atoms with van der Waals surface area (Å²) in [6.07, 6.45) is 0.0962. The molecule has 1 N–H and O–H groups in total. The lowest BCUT2D eigenvalue weighted by molar-refractivity contribution is -0.167. The fraction of sp³-hybridized carbons (Fsp3) is 0.583. The van der Waals surface area contributed by atoms with Crippen LogP contribution in [0.3, 0.4) is 0 Å². The summed E-state index contributed by atoms with van der Waals surface area (Å²) in [6.45, 7) is 0.631. The zero-order valence-electron chi connectivity index (χ0n) is 9.48. The monoisotopic (exact) mass is 240 g/mol. The van der Waals surface area contributed by atoms with Gasteiger partial charge in [-0.15, -0.1) is 0 Å². The molecule has 1 aromatic rings. The van der Waals surface area contributed by atoms with Gasteiger partial charge in [-0.25, -0.2) is 8.78 Å². The highest BCUT2D eigenvalue weighted by molar-refractivity contribution is 5.33. The molecule has 1 saturated heterocycles. The van der Waals surface area contributed by atoms with Crippen LogP contribution < -0.4 is 0 Å². The van der Waals surface area contributed by atoms with E-state index >= 15 is 0 Å². The van der Waals surface area contributed by atoms with Crippen molar-refractivity contribution in [2.75, 3.05) is 13.6 Å². The third-order valence-electron chi connectivity index (χ3n) is 3.96. The highest BCUT2D eigenvalue weighted by Crippen LogP contribution is 2.54. The Kier molecular flexibility index (Phi) is 2.25. The number of fused-ring (bicyclic) bond motifs is 3. The van der Waals surface area contributed by atoms with Gasteiger partial charge in [0.15, 0.2) is 6.10 Å². The lowest BCUT2D eigenvalue weighted by Crippen LogP contribution is -2.43. The molecule has 0 amide bonds. The van der Waals surface area contributed by atoms with E-state index in [1.807, 2.05) is 11.9 Å². The molecule has 92 valence electrons. The number of likely N-dealkylation sites (tertiary alicyclic amines) is 1. The summed E-state index contributed by atoms with van der Waals surface area (Å²) in [7, 11) is 1.84. The Morgan fingerprint density at radius 3 is 3.06 bits per heavy atom. The van der Waals surface area contributed by atoms with Crippen LogP contribution in [0.2, 0.25) is 0 Å². The molecule has 0 saturated carbocycles. The van der Waals surface area contributed by atoms with Crippen molar-refractivity contribution in [3.05, 3.63) is 29.6 Å². The van der Waals surface area contributed by atoms with Crippen LogP contribution in [-0.2, 0) is 0 Å². The molecule has 1 aromatic heterocycles. The summed E-state index contributed by atoms with van der Waals surface area (Å²) < 4.78 is 28.2. The van der Waals surface area contributed by atoms with Crippen LogP contribution in [0.15, 0.2) is 18.3 Å². The molecule has 0 bridgehead atoms. The second-order valence-electron chi connectivity index (χ2n) is 4.88. The number of alkyl halides is 2. The zero-order valence-corrected chi connectivity index (χ0v) is 9.48. The number of aliphatic hydroxyl groups is 1. The van der Waals surface area contributed by atoms with Crippen LogP contribution in [0, 0.1) is 5.92 Å². The van der Waals surface area contributed by atoms with Gasteiger partial charge < -0.3 is 5.11 Å². The van der Waals surface area contributed by atoms with Crippen LogP contribution in [0.25, 0.3) is 0 Å². The van der Waals surface area contributed by atoms with Crippen LogP contribution >= 0.6 is 0 Å². The number of nitrogens with zero attached hydrogens (tertiary/aromatic N) is 2. The topological polar surface area (TPSA) is 36.4 Å². The van der Waals surface area contributed by atoms with E-state index in [-0.39, 0.29) is 11.7 Å². The van der Waals surface area contributed by atoms with Crippen molar-refractivity contribution in [1.29, 1.82) is 0 Å². The minimum atomic E-state index is -3.09. The standard InChI is InChI=1S/C12H14F2N2O/c1-16-6-4-8-10(16)7-3-2-5-15-9(7)11(17)12(8,13)14/h2-3,5,8,10-11,17H,4,6H2,1H3/t8-,10-,11?/m1/s1. The number of hydrogen-bond donors (Lipinski definition) is 1. The first-order valence-electron chi connectivity index (χ1n) is 5.74. The smallest absolute Gasteiger partial charge is 0.283 e. The first-order chi connectivity index (χ1) is 8.03. The third kappa shape index (κ3) is 1.35. The van der Waals surface area contributed by atoms with Crippen molar-refractivity contribution in [2.45, 2.75) is 24.5 Å². The number of halogens is 2. The van der Waals surface area contributed by atoms with E-state index in [9.17, 15) is 13.9 Å². The van der Waals surface area contributed by atoms with Gasteiger partial charge in [-0.3, -0.25) is 9.88 Å². The van der Waals surface area contributed by atoms with E-state index < -0.39 is 17.9 Å². The number of pyridine rings is 1. The Labute approximate surface area is 98.1 Å². The first kappa shape index (κ1) is 11.0. The molecule has 1 unspecified atom stereocenters. The molecule has 5 heteroatoms. The Balaban J connectivity index is 2.18. The second-order valence-corrected chi connectivity index (χ2v) is 4.88. The van der Waals surface area contributed by atoms with Gasteiger partial charge in [-0.2, -0.15) is 0 Å². The van der Waals surface area contributed by atoms with Crippen molar-refractivity contribution in [3.63, 3.8) is 0 Å². The Bertz CT molecular complexity index is 452. The summed E-state index contributed by atoms with van der Waals surface area (Å²) in [5.41, 5.74) is 0.878. The van der Waals surface area contributed by atoms with Gasteiger partial charge in [0.1, 0.15) is 0 Å². The average molecular weight is 240 g/mol. The molecule has 2 heterocycles. The fourth-order valence-corrected chi connectivity index (χ4v) is 3.10. The van der Waals surface area contributed by atoms with Crippen molar-refractivity contribution in [3.8, 4) is 0 Å². The highest BCUT2D eigenvalue weighted by Gasteiger charge is 2.58. The lowest BCUT2D eigenvalue weighted by atomic mass is 9.78.